The second-order valence-electron chi connectivity index (χ2n) is 4.25. The van der Waals surface area contributed by atoms with Crippen molar-refractivity contribution in [1.29, 1.82) is 0 Å². The van der Waals surface area contributed by atoms with Gasteiger partial charge in [0.25, 0.3) is 0 Å². The molecule has 0 bridgehead atoms. The third-order valence-electron chi connectivity index (χ3n) is 2.92. The van der Waals surface area contributed by atoms with Crippen LogP contribution in [0.5, 0.6) is 0 Å². The number of hydrogen-bond donors (Lipinski definition) is 0. The third kappa shape index (κ3) is 4.75. The molecule has 0 spiro atoms. The molecule has 2 heterocycles. The van der Waals surface area contributed by atoms with Crippen molar-refractivity contribution in [2.24, 2.45) is 0 Å². The van der Waals surface area contributed by atoms with Crippen molar-refractivity contribution in [3.63, 3.8) is 0 Å². The molecule has 1 fully saturated rings. The molecule has 0 radical (unpaired) electrons. The molecule has 0 aliphatic carbocycles. The average Bonchev–Trinajstić information content (AvgIpc) is 2.33. The molecule has 1 atom stereocenters. The van der Waals surface area contributed by atoms with Crippen LogP contribution in [0, 0.1) is 0 Å². The first-order chi connectivity index (χ1) is 7.84. The number of allylic oxidation sites excluding steroid dienone is 2. The van der Waals surface area contributed by atoms with E-state index in [1.807, 2.05) is 25.6 Å². The normalized spacial score (nSPS) is 25.7. The van der Waals surface area contributed by atoms with Gasteiger partial charge < -0.3 is 4.90 Å². The summed E-state index contributed by atoms with van der Waals surface area (Å²) in [5.74, 6) is 0. The Balaban J connectivity index is 0.000000606. The lowest BCUT2D eigenvalue weighted by Crippen LogP contribution is -2.34. The molecule has 0 amide bonds. The fourth-order valence-electron chi connectivity index (χ4n) is 2.13. The highest BCUT2D eigenvalue weighted by atomic mass is 32.2. The summed E-state index contributed by atoms with van der Waals surface area (Å²) in [5.41, 5.74) is 1.42. The summed E-state index contributed by atoms with van der Waals surface area (Å²) in [6.07, 6.45) is 8.84. The molecule has 92 valence electrons. The molecule has 1 saturated heterocycles. The number of rotatable bonds is 2. The van der Waals surface area contributed by atoms with Gasteiger partial charge in [0.15, 0.2) is 0 Å². The number of likely N-dealkylation sites (tertiary alicyclic amines) is 1. The van der Waals surface area contributed by atoms with E-state index in [0.29, 0.717) is 5.25 Å². The van der Waals surface area contributed by atoms with Crippen molar-refractivity contribution >= 4 is 11.8 Å². The van der Waals surface area contributed by atoms with Crippen LogP contribution in [0.15, 0.2) is 23.1 Å². The molecular formula is C14H25NS. The molecular weight excluding hydrogens is 214 g/mol. The lowest BCUT2D eigenvalue weighted by molar-refractivity contribution is 0.235. The predicted octanol–water partition coefficient (Wildman–Crippen LogP) is 4.07. The largest absolute Gasteiger partial charge is 0.302 e. The van der Waals surface area contributed by atoms with E-state index in [-0.39, 0.29) is 0 Å². The maximum atomic E-state index is 2.62. The van der Waals surface area contributed by atoms with Crippen LogP contribution in [0.3, 0.4) is 0 Å². The fraction of sp³-hybridized carbons (Fsp3) is 0.714. The first-order valence-electron chi connectivity index (χ1n) is 6.57. The first-order valence-corrected chi connectivity index (χ1v) is 7.52. The molecule has 0 aromatic heterocycles. The van der Waals surface area contributed by atoms with Gasteiger partial charge in [0.2, 0.25) is 0 Å². The van der Waals surface area contributed by atoms with E-state index < -0.39 is 0 Å². The summed E-state index contributed by atoms with van der Waals surface area (Å²) < 4.78 is 0. The Morgan fingerprint density at radius 3 is 2.56 bits per heavy atom. The van der Waals surface area contributed by atoms with Gasteiger partial charge in [-0.05, 0) is 38.3 Å². The minimum Gasteiger partial charge on any atom is -0.302 e. The monoisotopic (exact) mass is 239 g/mol. The van der Waals surface area contributed by atoms with E-state index in [9.17, 15) is 0 Å². The van der Waals surface area contributed by atoms with Gasteiger partial charge in [0.1, 0.15) is 0 Å². The number of piperidine rings is 1. The zero-order valence-corrected chi connectivity index (χ0v) is 11.7. The molecule has 2 heteroatoms. The van der Waals surface area contributed by atoms with Crippen LogP contribution in [0.25, 0.3) is 0 Å². The molecule has 0 aromatic carbocycles. The SMILES string of the molecule is CC.CC1=CC(CN2CCCCC2)SC=C1. The summed E-state index contributed by atoms with van der Waals surface area (Å²) in [6.45, 7) is 10.1. The highest BCUT2D eigenvalue weighted by Crippen LogP contribution is 2.23. The quantitative estimate of drug-likeness (QED) is 0.714. The molecule has 2 aliphatic rings. The first kappa shape index (κ1) is 13.9. The minimum absolute atomic E-state index is 0.693. The smallest absolute Gasteiger partial charge is 0.0401 e. The van der Waals surface area contributed by atoms with Gasteiger partial charge in [0.05, 0.1) is 0 Å². The van der Waals surface area contributed by atoms with Gasteiger partial charge in [-0.15, -0.1) is 11.8 Å². The van der Waals surface area contributed by atoms with Crippen LogP contribution in [0.2, 0.25) is 0 Å². The molecule has 2 rings (SSSR count). The summed E-state index contributed by atoms with van der Waals surface area (Å²) in [4.78, 5) is 2.62. The Labute approximate surface area is 105 Å². The van der Waals surface area contributed by atoms with Gasteiger partial charge >= 0.3 is 0 Å². The van der Waals surface area contributed by atoms with Gasteiger partial charge in [-0.3, -0.25) is 0 Å². The van der Waals surface area contributed by atoms with Crippen LogP contribution in [0.1, 0.15) is 40.0 Å². The molecule has 0 N–H and O–H groups in total. The number of nitrogens with zero attached hydrogens (tertiary/aromatic N) is 1. The van der Waals surface area contributed by atoms with Crippen LogP contribution in [-0.2, 0) is 0 Å². The van der Waals surface area contributed by atoms with Crippen molar-refractivity contribution in [3.05, 3.63) is 23.1 Å². The zero-order chi connectivity index (χ0) is 11.8. The third-order valence-corrected chi connectivity index (χ3v) is 3.85. The van der Waals surface area contributed by atoms with Gasteiger partial charge in [-0.2, -0.15) is 0 Å². The Morgan fingerprint density at radius 2 is 1.94 bits per heavy atom. The van der Waals surface area contributed by atoms with Gasteiger partial charge in [-0.1, -0.05) is 38.0 Å². The number of hydrogen-bond acceptors (Lipinski definition) is 2. The fourth-order valence-corrected chi connectivity index (χ4v) is 3.21. The Morgan fingerprint density at radius 1 is 1.25 bits per heavy atom. The summed E-state index contributed by atoms with van der Waals surface area (Å²) >= 11 is 1.96. The van der Waals surface area contributed by atoms with E-state index in [2.05, 4.69) is 29.4 Å². The average molecular weight is 239 g/mol. The highest BCUT2D eigenvalue weighted by Gasteiger charge is 2.15. The lowest BCUT2D eigenvalue weighted by Gasteiger charge is -2.29. The summed E-state index contributed by atoms with van der Waals surface area (Å²) in [6, 6.07) is 0. The molecule has 16 heavy (non-hydrogen) atoms. The maximum absolute atomic E-state index is 2.62. The van der Waals surface area contributed by atoms with E-state index in [0.717, 1.165) is 0 Å². The Kier molecular flexibility index (Phi) is 6.90. The second kappa shape index (κ2) is 7.97. The molecule has 2 aliphatic heterocycles. The lowest BCUT2D eigenvalue weighted by atomic mass is 10.1. The van der Waals surface area contributed by atoms with Gasteiger partial charge in [0, 0.05) is 11.8 Å². The molecule has 1 unspecified atom stereocenters. The van der Waals surface area contributed by atoms with E-state index >= 15 is 0 Å². The number of thioether (sulfide) groups is 1. The van der Waals surface area contributed by atoms with Crippen molar-refractivity contribution in [3.8, 4) is 0 Å². The van der Waals surface area contributed by atoms with Crippen LogP contribution in [0.4, 0.5) is 0 Å². The summed E-state index contributed by atoms with van der Waals surface area (Å²) in [7, 11) is 0. The zero-order valence-electron chi connectivity index (χ0n) is 10.9. The maximum Gasteiger partial charge on any atom is 0.0401 e. The van der Waals surface area contributed by atoms with E-state index in [4.69, 9.17) is 0 Å². The van der Waals surface area contributed by atoms with Crippen LogP contribution < -0.4 is 0 Å². The van der Waals surface area contributed by atoms with E-state index in [1.54, 1.807) is 0 Å². The Bertz CT molecular complexity index is 239. The molecule has 1 nitrogen and oxygen atoms in total. The van der Waals surface area contributed by atoms with Crippen molar-refractivity contribution in [2.75, 3.05) is 19.6 Å². The summed E-state index contributed by atoms with van der Waals surface area (Å²) in [5, 5.41) is 2.93. The highest BCUT2D eigenvalue weighted by molar-refractivity contribution is 8.02. The standard InChI is InChI=1S/C12H19NS.C2H6/c1-11-5-8-14-12(9-11)10-13-6-3-2-4-7-13;1-2/h5,8-9,12H,2-4,6-7,10H2,1H3;1-2H3. The van der Waals surface area contributed by atoms with Crippen molar-refractivity contribution in [1.82, 2.24) is 4.90 Å². The van der Waals surface area contributed by atoms with Crippen molar-refractivity contribution < 1.29 is 0 Å². The minimum atomic E-state index is 0.693. The van der Waals surface area contributed by atoms with E-state index in [1.165, 1.54) is 44.5 Å². The molecule has 0 saturated carbocycles. The Hall–Kier alpha value is -0.210. The second-order valence-corrected chi connectivity index (χ2v) is 5.40. The molecule has 0 aromatic rings. The topological polar surface area (TPSA) is 3.24 Å². The predicted molar refractivity (Wildman–Crippen MR) is 75.9 cm³/mol. The van der Waals surface area contributed by atoms with Gasteiger partial charge in [-0.25, -0.2) is 0 Å². The van der Waals surface area contributed by atoms with Crippen LogP contribution in [-0.4, -0.2) is 29.8 Å². The van der Waals surface area contributed by atoms with Crippen molar-refractivity contribution in [2.45, 2.75) is 45.3 Å². The van der Waals surface area contributed by atoms with Crippen LogP contribution >= 0.6 is 11.8 Å².